The molecule has 0 spiro atoms. The summed E-state index contributed by atoms with van der Waals surface area (Å²) in [6.07, 6.45) is 1.98. The number of hydrogen-bond acceptors (Lipinski definition) is 0. The van der Waals surface area contributed by atoms with Gasteiger partial charge in [-0.3, -0.25) is 0 Å². The van der Waals surface area contributed by atoms with Crippen LogP contribution in [-0.2, 0) is 0 Å². The second-order valence-corrected chi connectivity index (χ2v) is 4.58. The fourth-order valence-corrected chi connectivity index (χ4v) is 2.50. The molecular weight excluding hydrogens is 262 g/mol. The molecule has 0 amide bonds. The van der Waals surface area contributed by atoms with E-state index in [1.54, 1.807) is 0 Å². The molecule has 0 aliphatic heterocycles. The van der Waals surface area contributed by atoms with Crippen LogP contribution in [0.3, 0.4) is 0 Å². The number of fused-ring (bicyclic) bond motifs is 1. The van der Waals surface area contributed by atoms with Crippen LogP contribution in [0.1, 0.15) is 0 Å². The molecule has 3 aromatic rings. The summed E-state index contributed by atoms with van der Waals surface area (Å²) in [5.74, 6) is 0. The largest absolute Gasteiger partial charge is 0.361 e. The number of halogens is 1. The normalized spacial score (nSPS) is 10.8. The van der Waals surface area contributed by atoms with Gasteiger partial charge >= 0.3 is 0 Å². The fraction of sp³-hybridized carbons (Fsp3) is 0. The van der Waals surface area contributed by atoms with Gasteiger partial charge in [-0.15, -0.1) is 0 Å². The van der Waals surface area contributed by atoms with Crippen LogP contribution in [0, 0.1) is 0 Å². The van der Waals surface area contributed by atoms with Crippen molar-refractivity contribution in [3.63, 3.8) is 0 Å². The van der Waals surface area contributed by atoms with E-state index in [-0.39, 0.29) is 0 Å². The van der Waals surface area contributed by atoms with Crippen molar-refractivity contribution < 1.29 is 0 Å². The van der Waals surface area contributed by atoms with Gasteiger partial charge in [-0.05, 0) is 29.3 Å². The van der Waals surface area contributed by atoms with Crippen LogP contribution in [0.5, 0.6) is 0 Å². The molecule has 0 atom stereocenters. The van der Waals surface area contributed by atoms with Crippen molar-refractivity contribution in [3.05, 3.63) is 59.2 Å². The maximum Gasteiger partial charge on any atom is 0.0460 e. The molecule has 3 rings (SSSR count). The highest BCUT2D eigenvalue weighted by molar-refractivity contribution is 9.10. The summed E-state index contributed by atoms with van der Waals surface area (Å²) in [5.41, 5.74) is 3.66. The number of aromatic amines is 1. The molecule has 1 nitrogen and oxygen atoms in total. The summed E-state index contributed by atoms with van der Waals surface area (Å²) in [6.45, 7) is 0. The predicted octanol–water partition coefficient (Wildman–Crippen LogP) is 4.60. The smallest absolute Gasteiger partial charge is 0.0460 e. The number of aromatic nitrogens is 1. The van der Waals surface area contributed by atoms with Crippen LogP contribution in [0.2, 0.25) is 0 Å². The fourth-order valence-electron chi connectivity index (χ4n) is 2.00. The monoisotopic (exact) mass is 271 g/mol. The lowest BCUT2D eigenvalue weighted by atomic mass is 10.0. The quantitative estimate of drug-likeness (QED) is 0.666. The van der Waals surface area contributed by atoms with E-state index >= 15 is 0 Å². The van der Waals surface area contributed by atoms with E-state index in [0.717, 1.165) is 4.47 Å². The van der Waals surface area contributed by atoms with Gasteiger partial charge in [0.1, 0.15) is 0 Å². The van der Waals surface area contributed by atoms with Crippen molar-refractivity contribution in [3.8, 4) is 11.1 Å². The van der Waals surface area contributed by atoms with Crippen LogP contribution in [0.4, 0.5) is 0 Å². The number of H-pyrrole nitrogens is 1. The van der Waals surface area contributed by atoms with Gasteiger partial charge in [-0.25, -0.2) is 0 Å². The van der Waals surface area contributed by atoms with Gasteiger partial charge in [0.15, 0.2) is 0 Å². The molecule has 0 unspecified atom stereocenters. The molecule has 1 heterocycles. The Morgan fingerprint density at radius 3 is 2.50 bits per heavy atom. The van der Waals surface area contributed by atoms with Gasteiger partial charge in [-0.1, -0.05) is 46.3 Å². The van der Waals surface area contributed by atoms with E-state index in [2.05, 4.69) is 63.4 Å². The van der Waals surface area contributed by atoms with E-state index in [0.29, 0.717) is 0 Å². The maximum absolute atomic E-state index is 3.60. The summed E-state index contributed by atoms with van der Waals surface area (Å²) >= 11 is 3.60. The van der Waals surface area contributed by atoms with Crippen LogP contribution in [-0.4, -0.2) is 4.98 Å². The lowest BCUT2D eigenvalue weighted by molar-refractivity contribution is 1.48. The van der Waals surface area contributed by atoms with Gasteiger partial charge in [0.05, 0.1) is 0 Å². The first-order valence-electron chi connectivity index (χ1n) is 5.17. The maximum atomic E-state index is 3.60. The number of benzene rings is 2. The zero-order chi connectivity index (χ0) is 11.0. The Hall–Kier alpha value is -1.54. The average Bonchev–Trinajstić information content (AvgIpc) is 2.77. The molecule has 2 aromatic carbocycles. The molecule has 1 N–H and O–H groups in total. The minimum atomic E-state index is 1.13. The summed E-state index contributed by atoms with van der Waals surface area (Å²) in [6, 6.07) is 16.7. The molecule has 0 aliphatic carbocycles. The lowest BCUT2D eigenvalue weighted by Crippen LogP contribution is -1.80. The van der Waals surface area contributed by atoms with Crippen LogP contribution < -0.4 is 0 Å². The Morgan fingerprint density at radius 2 is 1.62 bits per heavy atom. The standard InChI is InChI=1S/C14H10BrN/c15-13-6-2-1-4-11(13)10-5-3-7-14-12(10)8-9-16-14/h1-9,16H. The van der Waals surface area contributed by atoms with Gasteiger partial charge in [0, 0.05) is 21.6 Å². The Bertz CT molecular complexity index is 640. The second-order valence-electron chi connectivity index (χ2n) is 3.72. The molecular formula is C14H10BrN. The van der Waals surface area contributed by atoms with Gasteiger partial charge in [0.25, 0.3) is 0 Å². The first-order chi connectivity index (χ1) is 7.86. The average molecular weight is 272 g/mol. The van der Waals surface area contributed by atoms with Gasteiger partial charge in [0.2, 0.25) is 0 Å². The zero-order valence-corrected chi connectivity index (χ0v) is 10.2. The molecule has 0 saturated carbocycles. The first kappa shape index (κ1) is 9.67. The predicted molar refractivity (Wildman–Crippen MR) is 71.4 cm³/mol. The van der Waals surface area contributed by atoms with Gasteiger partial charge in [-0.2, -0.15) is 0 Å². The zero-order valence-electron chi connectivity index (χ0n) is 8.57. The summed E-state index contributed by atoms with van der Waals surface area (Å²) in [5, 5.41) is 1.26. The Labute approximate surface area is 102 Å². The summed E-state index contributed by atoms with van der Waals surface area (Å²) < 4.78 is 1.13. The van der Waals surface area contributed by atoms with Crippen molar-refractivity contribution in [1.29, 1.82) is 0 Å². The van der Waals surface area contributed by atoms with E-state index in [1.165, 1.54) is 22.0 Å². The minimum Gasteiger partial charge on any atom is -0.361 e. The third-order valence-corrected chi connectivity index (χ3v) is 3.45. The molecule has 2 heteroatoms. The van der Waals surface area contributed by atoms with Crippen molar-refractivity contribution in [2.45, 2.75) is 0 Å². The van der Waals surface area contributed by atoms with Crippen molar-refractivity contribution in [1.82, 2.24) is 4.98 Å². The van der Waals surface area contributed by atoms with E-state index in [9.17, 15) is 0 Å². The Kier molecular flexibility index (Phi) is 2.29. The van der Waals surface area contributed by atoms with Crippen molar-refractivity contribution in [2.75, 3.05) is 0 Å². The molecule has 0 fully saturated rings. The first-order valence-corrected chi connectivity index (χ1v) is 5.96. The molecule has 78 valence electrons. The van der Waals surface area contributed by atoms with Crippen molar-refractivity contribution >= 4 is 26.8 Å². The highest BCUT2D eigenvalue weighted by Gasteiger charge is 2.06. The van der Waals surface area contributed by atoms with E-state index < -0.39 is 0 Å². The lowest BCUT2D eigenvalue weighted by Gasteiger charge is -2.05. The van der Waals surface area contributed by atoms with Crippen LogP contribution in [0.15, 0.2) is 59.2 Å². The van der Waals surface area contributed by atoms with E-state index in [1.807, 2.05) is 12.3 Å². The Morgan fingerprint density at radius 1 is 0.812 bits per heavy atom. The second kappa shape index (κ2) is 3.80. The van der Waals surface area contributed by atoms with Gasteiger partial charge < -0.3 is 4.98 Å². The third kappa shape index (κ3) is 1.46. The SMILES string of the molecule is Brc1ccccc1-c1cccc2[nH]ccc12. The third-order valence-electron chi connectivity index (χ3n) is 2.76. The molecule has 0 aliphatic rings. The molecule has 0 saturated heterocycles. The number of nitrogens with one attached hydrogen (secondary N) is 1. The topological polar surface area (TPSA) is 15.8 Å². The van der Waals surface area contributed by atoms with Crippen LogP contribution >= 0.6 is 15.9 Å². The molecule has 16 heavy (non-hydrogen) atoms. The highest BCUT2D eigenvalue weighted by atomic mass is 79.9. The van der Waals surface area contributed by atoms with E-state index in [4.69, 9.17) is 0 Å². The summed E-state index contributed by atoms with van der Waals surface area (Å²) in [7, 11) is 0. The van der Waals surface area contributed by atoms with Crippen molar-refractivity contribution in [2.24, 2.45) is 0 Å². The highest BCUT2D eigenvalue weighted by Crippen LogP contribution is 2.32. The Balaban J connectivity index is 2.34. The number of hydrogen-bond donors (Lipinski definition) is 1. The molecule has 1 aromatic heterocycles. The number of rotatable bonds is 1. The van der Waals surface area contributed by atoms with Crippen LogP contribution in [0.25, 0.3) is 22.0 Å². The summed E-state index contributed by atoms with van der Waals surface area (Å²) in [4.78, 5) is 3.23. The molecule has 0 bridgehead atoms. The molecule has 0 radical (unpaired) electrons. The minimum absolute atomic E-state index is 1.13.